The first-order chi connectivity index (χ1) is 6.04. The van der Waals surface area contributed by atoms with Crippen molar-refractivity contribution >= 4 is 0 Å². The second-order valence-electron chi connectivity index (χ2n) is 4.28. The molecule has 1 aliphatic heterocycles. The normalized spacial score (nSPS) is 20.4. The lowest BCUT2D eigenvalue weighted by Gasteiger charge is -2.33. The van der Waals surface area contributed by atoms with E-state index in [1.807, 2.05) is 0 Å². The summed E-state index contributed by atoms with van der Waals surface area (Å²) in [5.41, 5.74) is -0.138. The number of halogens is 1. The molecule has 0 saturated heterocycles. The van der Waals surface area contributed by atoms with Crippen molar-refractivity contribution in [1.29, 1.82) is 0 Å². The fourth-order valence-electron chi connectivity index (χ4n) is 1.85. The molecular formula is C10H18IN3. The maximum Gasteiger partial charge on any atom is 0.236 e. The number of hydrogen-bond donors (Lipinski definition) is 0. The van der Waals surface area contributed by atoms with E-state index in [2.05, 4.69) is 37.0 Å². The molecule has 0 aliphatic carbocycles. The van der Waals surface area contributed by atoms with Gasteiger partial charge in [-0.05, 0) is 19.3 Å². The Morgan fingerprint density at radius 1 is 1.43 bits per heavy atom. The lowest BCUT2D eigenvalue weighted by Crippen LogP contribution is -3.00. The van der Waals surface area contributed by atoms with Crippen LogP contribution < -0.4 is 24.0 Å². The van der Waals surface area contributed by atoms with Gasteiger partial charge in [0.15, 0.2) is 0 Å². The number of hydrogen-bond acceptors (Lipinski definition) is 2. The summed E-state index contributed by atoms with van der Waals surface area (Å²) in [5, 5.41) is 8.05. The van der Waals surface area contributed by atoms with E-state index in [0.717, 1.165) is 30.5 Å². The fourth-order valence-corrected chi connectivity index (χ4v) is 1.85. The van der Waals surface area contributed by atoms with Crippen LogP contribution in [0.2, 0.25) is 0 Å². The molecule has 4 heteroatoms. The summed E-state index contributed by atoms with van der Waals surface area (Å²) in [5.74, 6) is 2.73. The Kier molecular flexibility index (Phi) is 5.02. The van der Waals surface area contributed by atoms with Gasteiger partial charge in [-0.3, -0.25) is 0 Å². The van der Waals surface area contributed by atoms with Gasteiger partial charge in [0, 0.05) is 0 Å². The van der Waals surface area contributed by atoms with Crippen molar-refractivity contribution in [1.82, 2.24) is 0 Å². The summed E-state index contributed by atoms with van der Waals surface area (Å²) in [6, 6.07) is 0. The molecule has 1 aliphatic rings. The van der Waals surface area contributed by atoms with E-state index < -0.39 is 0 Å². The van der Waals surface area contributed by atoms with Crippen molar-refractivity contribution in [3.63, 3.8) is 0 Å². The Morgan fingerprint density at radius 3 is 2.36 bits per heavy atom. The van der Waals surface area contributed by atoms with Crippen LogP contribution in [0.4, 0.5) is 0 Å². The molecule has 1 unspecified atom stereocenters. The second-order valence-corrected chi connectivity index (χ2v) is 4.28. The maximum absolute atomic E-state index is 5.36. The van der Waals surface area contributed by atoms with Crippen molar-refractivity contribution in [2.75, 3.05) is 26.7 Å². The molecular weight excluding hydrogens is 289 g/mol. The number of quaternary nitrogens is 1. The predicted molar refractivity (Wildman–Crippen MR) is 53.2 cm³/mol. The van der Waals surface area contributed by atoms with Gasteiger partial charge < -0.3 is 28.5 Å². The van der Waals surface area contributed by atoms with E-state index >= 15 is 0 Å². The molecule has 3 nitrogen and oxygen atoms in total. The monoisotopic (exact) mass is 307 g/mol. The van der Waals surface area contributed by atoms with Gasteiger partial charge in [-0.25, -0.2) is 0 Å². The van der Waals surface area contributed by atoms with Gasteiger partial charge in [0.1, 0.15) is 13.1 Å². The molecule has 0 radical (unpaired) electrons. The van der Waals surface area contributed by atoms with E-state index in [9.17, 15) is 0 Å². The smallest absolute Gasteiger partial charge is 0.236 e. The average molecular weight is 307 g/mol. The van der Waals surface area contributed by atoms with Crippen molar-refractivity contribution in [2.45, 2.75) is 25.9 Å². The fraction of sp³-hybridized carbons (Fsp3) is 0.800. The lowest BCUT2D eigenvalue weighted by molar-refractivity contribution is -0.904. The molecule has 0 spiro atoms. The Balaban J connectivity index is 0.00000169. The summed E-state index contributed by atoms with van der Waals surface area (Å²) in [6.45, 7) is 7.04. The summed E-state index contributed by atoms with van der Waals surface area (Å²) >= 11 is 0. The van der Waals surface area contributed by atoms with Crippen LogP contribution in [0.5, 0.6) is 0 Å². The summed E-state index contributed by atoms with van der Waals surface area (Å²) < 4.78 is 0.885. The topological polar surface area (TPSA) is 24.7 Å². The number of rotatable bonds is 5. The SMILES string of the molecule is C#CC[N+](C)(CCC)CC1(C)N=N1.[I-]. The third kappa shape index (κ3) is 3.93. The molecule has 0 aromatic rings. The van der Waals surface area contributed by atoms with Crippen molar-refractivity contribution in [3.8, 4) is 12.3 Å². The minimum Gasteiger partial charge on any atom is -1.00 e. The number of likely N-dealkylation sites (N-methyl/N-ethyl adjacent to an activating group) is 1. The second kappa shape index (κ2) is 5.08. The maximum atomic E-state index is 5.36. The first-order valence-electron chi connectivity index (χ1n) is 4.75. The van der Waals surface area contributed by atoms with Crippen LogP contribution in [0.25, 0.3) is 0 Å². The van der Waals surface area contributed by atoms with Gasteiger partial charge in [0.2, 0.25) is 5.66 Å². The quantitative estimate of drug-likeness (QED) is 0.341. The van der Waals surface area contributed by atoms with E-state index in [1.165, 1.54) is 0 Å². The molecule has 0 aromatic carbocycles. The van der Waals surface area contributed by atoms with Crippen LogP contribution in [0.3, 0.4) is 0 Å². The summed E-state index contributed by atoms with van der Waals surface area (Å²) in [4.78, 5) is 0. The molecule has 80 valence electrons. The van der Waals surface area contributed by atoms with Crippen molar-refractivity contribution in [2.24, 2.45) is 10.2 Å². The zero-order valence-corrected chi connectivity index (χ0v) is 11.3. The van der Waals surface area contributed by atoms with Crippen LogP contribution >= 0.6 is 0 Å². The minimum atomic E-state index is -0.138. The van der Waals surface area contributed by atoms with E-state index in [-0.39, 0.29) is 29.6 Å². The summed E-state index contributed by atoms with van der Waals surface area (Å²) in [7, 11) is 2.18. The highest BCUT2D eigenvalue weighted by atomic mass is 127. The molecule has 0 aromatic heterocycles. The molecule has 0 fully saturated rings. The van der Waals surface area contributed by atoms with Gasteiger partial charge in [-0.1, -0.05) is 6.92 Å². The van der Waals surface area contributed by atoms with Crippen molar-refractivity contribution < 1.29 is 28.5 Å². The van der Waals surface area contributed by atoms with Crippen molar-refractivity contribution in [3.05, 3.63) is 0 Å². The highest BCUT2D eigenvalue weighted by Gasteiger charge is 2.42. The molecule has 1 atom stereocenters. The molecule has 0 saturated carbocycles. The van der Waals surface area contributed by atoms with Gasteiger partial charge in [-0.15, -0.1) is 6.42 Å². The molecule has 1 heterocycles. The first-order valence-corrected chi connectivity index (χ1v) is 4.75. The minimum absolute atomic E-state index is 0. The molecule has 0 bridgehead atoms. The molecule has 0 N–H and O–H groups in total. The molecule has 0 amide bonds. The van der Waals surface area contributed by atoms with Gasteiger partial charge >= 0.3 is 0 Å². The standard InChI is InChI=1S/C10H18N3.HI/c1-5-7-13(4,8-6-2)9-10(3)11-12-10;/h1H,6-9H2,2-4H3;1H/q+1;/p-1. The number of nitrogens with zero attached hydrogens (tertiary/aromatic N) is 3. The Bertz CT molecular complexity index is 251. The Labute approximate surface area is 104 Å². The van der Waals surface area contributed by atoms with E-state index in [1.54, 1.807) is 0 Å². The highest BCUT2D eigenvalue weighted by molar-refractivity contribution is 4.90. The number of terminal acetylenes is 1. The van der Waals surface area contributed by atoms with Gasteiger partial charge in [0.25, 0.3) is 0 Å². The zero-order chi connectivity index (χ0) is 9.95. The highest BCUT2D eigenvalue weighted by Crippen LogP contribution is 2.30. The van der Waals surface area contributed by atoms with Crippen LogP contribution in [0.1, 0.15) is 20.3 Å². The van der Waals surface area contributed by atoms with Gasteiger partial charge in [-0.2, -0.15) is 10.2 Å². The van der Waals surface area contributed by atoms with Crippen LogP contribution in [-0.4, -0.2) is 36.8 Å². The largest absolute Gasteiger partial charge is 1.00 e. The Morgan fingerprint density at radius 2 is 2.00 bits per heavy atom. The Hall–Kier alpha value is -0.150. The zero-order valence-electron chi connectivity index (χ0n) is 9.13. The third-order valence-corrected chi connectivity index (χ3v) is 2.36. The van der Waals surface area contributed by atoms with Crippen LogP contribution in [0.15, 0.2) is 10.2 Å². The van der Waals surface area contributed by atoms with E-state index in [0.29, 0.717) is 0 Å². The summed E-state index contributed by atoms with van der Waals surface area (Å²) in [6.07, 6.45) is 6.50. The van der Waals surface area contributed by atoms with E-state index in [4.69, 9.17) is 6.42 Å². The molecule has 14 heavy (non-hydrogen) atoms. The predicted octanol–water partition coefficient (Wildman–Crippen LogP) is -1.34. The third-order valence-electron chi connectivity index (χ3n) is 2.36. The molecule has 1 rings (SSSR count). The lowest BCUT2D eigenvalue weighted by atomic mass is 10.2. The van der Waals surface area contributed by atoms with Crippen LogP contribution in [-0.2, 0) is 0 Å². The van der Waals surface area contributed by atoms with Crippen LogP contribution in [0, 0.1) is 12.3 Å². The average Bonchev–Trinajstić information content (AvgIpc) is 2.67. The first kappa shape index (κ1) is 13.8. The van der Waals surface area contributed by atoms with Gasteiger partial charge in [0.05, 0.1) is 13.6 Å².